The van der Waals surface area contributed by atoms with E-state index in [1.807, 2.05) is 24.3 Å². The first-order valence-electron chi connectivity index (χ1n) is 7.05. The second kappa shape index (κ2) is 6.67. The van der Waals surface area contributed by atoms with Crippen LogP contribution in [0.3, 0.4) is 0 Å². The van der Waals surface area contributed by atoms with Crippen LogP contribution in [0.15, 0.2) is 42.5 Å². The van der Waals surface area contributed by atoms with Crippen LogP contribution in [0.1, 0.15) is 20.7 Å². The third-order valence-electron chi connectivity index (χ3n) is 3.38. The number of benzene rings is 2. The highest BCUT2D eigenvalue weighted by Crippen LogP contribution is 2.30. The Kier molecular flexibility index (Phi) is 4.43. The summed E-state index contributed by atoms with van der Waals surface area (Å²) in [4.78, 5) is 28.2. The van der Waals surface area contributed by atoms with Crippen LogP contribution in [0.2, 0.25) is 0 Å². The van der Waals surface area contributed by atoms with Gasteiger partial charge in [-0.05, 0) is 30.3 Å². The zero-order valence-corrected chi connectivity index (χ0v) is 13.8. The fourth-order valence-electron chi connectivity index (χ4n) is 2.22. The summed E-state index contributed by atoms with van der Waals surface area (Å²) in [7, 11) is 2.61. The van der Waals surface area contributed by atoms with Crippen LogP contribution in [0.4, 0.5) is 10.8 Å². The molecule has 0 unspecified atom stereocenters. The van der Waals surface area contributed by atoms with Crippen molar-refractivity contribution in [2.45, 2.75) is 0 Å². The monoisotopic (exact) mass is 342 g/mol. The SMILES string of the molecule is COC(=O)c1ccc(C(=O)OC)c(Nc2nc3ccccc3s2)c1. The van der Waals surface area contributed by atoms with Gasteiger partial charge in [0.25, 0.3) is 0 Å². The van der Waals surface area contributed by atoms with Crippen LogP contribution in [-0.2, 0) is 9.47 Å². The highest BCUT2D eigenvalue weighted by atomic mass is 32.1. The van der Waals surface area contributed by atoms with Crippen molar-refractivity contribution in [3.63, 3.8) is 0 Å². The molecule has 0 aliphatic heterocycles. The molecule has 24 heavy (non-hydrogen) atoms. The highest BCUT2D eigenvalue weighted by molar-refractivity contribution is 7.22. The molecule has 1 heterocycles. The molecule has 122 valence electrons. The van der Waals surface area contributed by atoms with E-state index in [0.29, 0.717) is 21.9 Å². The van der Waals surface area contributed by atoms with E-state index in [1.54, 1.807) is 6.07 Å². The Balaban J connectivity index is 2.02. The number of para-hydroxylation sites is 1. The molecule has 0 radical (unpaired) electrons. The number of fused-ring (bicyclic) bond motifs is 1. The molecule has 0 atom stereocenters. The number of thiazole rings is 1. The quantitative estimate of drug-likeness (QED) is 0.730. The smallest absolute Gasteiger partial charge is 0.339 e. The van der Waals surface area contributed by atoms with E-state index in [-0.39, 0.29) is 0 Å². The summed E-state index contributed by atoms with van der Waals surface area (Å²) < 4.78 is 10.5. The lowest BCUT2D eigenvalue weighted by atomic mass is 10.1. The zero-order valence-electron chi connectivity index (χ0n) is 13.0. The Hall–Kier alpha value is -2.93. The number of nitrogens with zero attached hydrogens (tertiary/aromatic N) is 1. The lowest BCUT2D eigenvalue weighted by molar-refractivity contribution is 0.0587. The molecule has 1 aromatic heterocycles. The number of rotatable bonds is 4. The van der Waals surface area contributed by atoms with Crippen molar-refractivity contribution in [3.8, 4) is 0 Å². The number of methoxy groups -OCH3 is 2. The molecular formula is C17H14N2O4S. The molecule has 3 aromatic rings. The van der Waals surface area contributed by atoms with Gasteiger partial charge in [-0.2, -0.15) is 0 Å². The van der Waals surface area contributed by atoms with Gasteiger partial charge < -0.3 is 14.8 Å². The molecule has 0 aliphatic rings. The molecule has 0 aliphatic carbocycles. The first-order valence-corrected chi connectivity index (χ1v) is 7.87. The minimum atomic E-state index is -0.505. The Morgan fingerprint density at radius 2 is 1.79 bits per heavy atom. The predicted molar refractivity (Wildman–Crippen MR) is 92.0 cm³/mol. The van der Waals surface area contributed by atoms with Gasteiger partial charge >= 0.3 is 11.9 Å². The Morgan fingerprint density at radius 3 is 2.50 bits per heavy atom. The first-order chi connectivity index (χ1) is 11.6. The number of hydrogen-bond donors (Lipinski definition) is 1. The van der Waals surface area contributed by atoms with Gasteiger partial charge in [-0.1, -0.05) is 23.5 Å². The maximum Gasteiger partial charge on any atom is 0.339 e. The molecular weight excluding hydrogens is 328 g/mol. The second-order valence-corrected chi connectivity index (χ2v) is 5.89. The summed E-state index contributed by atoms with van der Waals surface area (Å²) in [5.41, 5.74) is 1.93. The summed E-state index contributed by atoms with van der Waals surface area (Å²) in [5, 5.41) is 3.71. The van der Waals surface area contributed by atoms with Gasteiger partial charge in [0, 0.05) is 0 Å². The van der Waals surface area contributed by atoms with E-state index in [2.05, 4.69) is 10.3 Å². The third kappa shape index (κ3) is 3.07. The van der Waals surface area contributed by atoms with Crippen molar-refractivity contribution in [1.29, 1.82) is 0 Å². The van der Waals surface area contributed by atoms with Crippen molar-refractivity contribution in [2.24, 2.45) is 0 Å². The van der Waals surface area contributed by atoms with E-state index in [1.165, 1.54) is 37.7 Å². The van der Waals surface area contributed by atoms with Crippen molar-refractivity contribution >= 4 is 44.3 Å². The van der Waals surface area contributed by atoms with Crippen LogP contribution in [0, 0.1) is 0 Å². The Labute approximate surface area is 142 Å². The van der Waals surface area contributed by atoms with Gasteiger partial charge in [-0.15, -0.1) is 0 Å². The first kappa shape index (κ1) is 15.9. The van der Waals surface area contributed by atoms with Gasteiger partial charge in [-0.25, -0.2) is 14.6 Å². The molecule has 0 bridgehead atoms. The van der Waals surface area contributed by atoms with Crippen LogP contribution in [0.25, 0.3) is 10.2 Å². The number of esters is 2. The van der Waals surface area contributed by atoms with E-state index in [0.717, 1.165) is 10.2 Å². The van der Waals surface area contributed by atoms with E-state index >= 15 is 0 Å². The van der Waals surface area contributed by atoms with Crippen LogP contribution >= 0.6 is 11.3 Å². The maximum atomic E-state index is 12.0. The molecule has 2 aromatic carbocycles. The fourth-order valence-corrected chi connectivity index (χ4v) is 3.10. The van der Waals surface area contributed by atoms with Crippen LogP contribution in [0.5, 0.6) is 0 Å². The lowest BCUT2D eigenvalue weighted by Crippen LogP contribution is -2.08. The van der Waals surface area contributed by atoms with Crippen LogP contribution < -0.4 is 5.32 Å². The molecule has 0 spiro atoms. The Morgan fingerprint density at radius 1 is 1.04 bits per heavy atom. The summed E-state index contributed by atoms with van der Waals surface area (Å²) in [6, 6.07) is 12.3. The van der Waals surface area contributed by atoms with Crippen LogP contribution in [-0.4, -0.2) is 31.1 Å². The summed E-state index contributed by atoms with van der Waals surface area (Å²) in [5.74, 6) is -0.992. The number of ether oxygens (including phenoxy) is 2. The minimum absolute atomic E-state index is 0.310. The number of hydrogen-bond acceptors (Lipinski definition) is 7. The standard InChI is InChI=1S/C17H14N2O4S/c1-22-15(20)10-7-8-11(16(21)23-2)13(9-10)19-17-18-12-5-3-4-6-14(12)24-17/h3-9H,1-2H3,(H,18,19). The molecule has 1 N–H and O–H groups in total. The van der Waals surface area contributed by atoms with Crippen molar-refractivity contribution in [3.05, 3.63) is 53.6 Å². The summed E-state index contributed by atoms with van der Waals surface area (Å²) in [6.07, 6.45) is 0. The van der Waals surface area contributed by atoms with E-state index < -0.39 is 11.9 Å². The average Bonchev–Trinajstić information content (AvgIpc) is 3.02. The fraction of sp³-hybridized carbons (Fsp3) is 0.118. The molecule has 7 heteroatoms. The van der Waals surface area contributed by atoms with Crippen molar-refractivity contribution < 1.29 is 19.1 Å². The van der Waals surface area contributed by atoms with E-state index in [4.69, 9.17) is 9.47 Å². The Bertz CT molecular complexity index is 887. The average molecular weight is 342 g/mol. The predicted octanol–water partition coefficient (Wildman–Crippen LogP) is 3.61. The summed E-state index contributed by atoms with van der Waals surface area (Å²) >= 11 is 1.45. The van der Waals surface area contributed by atoms with Gasteiger partial charge in [0.15, 0.2) is 5.13 Å². The normalized spacial score (nSPS) is 10.4. The zero-order chi connectivity index (χ0) is 17.1. The highest BCUT2D eigenvalue weighted by Gasteiger charge is 2.17. The minimum Gasteiger partial charge on any atom is -0.465 e. The van der Waals surface area contributed by atoms with Gasteiger partial charge in [0.2, 0.25) is 0 Å². The maximum absolute atomic E-state index is 12.0. The topological polar surface area (TPSA) is 77.5 Å². The van der Waals surface area contributed by atoms with Crippen molar-refractivity contribution in [1.82, 2.24) is 4.98 Å². The molecule has 0 fully saturated rings. The third-order valence-corrected chi connectivity index (χ3v) is 4.33. The summed E-state index contributed by atoms with van der Waals surface area (Å²) in [6.45, 7) is 0. The number of carbonyl (C=O) groups is 2. The van der Waals surface area contributed by atoms with Gasteiger partial charge in [0.05, 0.1) is 41.3 Å². The molecule has 0 saturated heterocycles. The number of nitrogens with one attached hydrogen (secondary N) is 1. The second-order valence-electron chi connectivity index (χ2n) is 4.86. The lowest BCUT2D eigenvalue weighted by Gasteiger charge is -2.10. The molecule has 0 saturated carbocycles. The van der Waals surface area contributed by atoms with Gasteiger partial charge in [0.1, 0.15) is 0 Å². The molecule has 0 amide bonds. The van der Waals surface area contributed by atoms with E-state index in [9.17, 15) is 9.59 Å². The number of aromatic nitrogens is 1. The largest absolute Gasteiger partial charge is 0.465 e. The molecule has 3 rings (SSSR count). The van der Waals surface area contributed by atoms with Crippen molar-refractivity contribution in [2.75, 3.05) is 19.5 Å². The number of carbonyl (C=O) groups excluding carboxylic acids is 2. The number of anilines is 2. The molecule has 6 nitrogen and oxygen atoms in total. The van der Waals surface area contributed by atoms with Gasteiger partial charge in [-0.3, -0.25) is 0 Å².